The second kappa shape index (κ2) is 3.92. The van der Waals surface area contributed by atoms with E-state index >= 15 is 0 Å². The van der Waals surface area contributed by atoms with E-state index in [-0.39, 0.29) is 0 Å². The molecule has 1 aromatic carbocycles. The second-order valence-electron chi connectivity index (χ2n) is 2.35. The van der Waals surface area contributed by atoms with Crippen LogP contribution in [0, 0.1) is 6.92 Å². The summed E-state index contributed by atoms with van der Waals surface area (Å²) in [5, 5.41) is 3.09. The van der Waals surface area contributed by atoms with Crippen LogP contribution in [-0.2, 0) is 4.79 Å². The Hall–Kier alpha value is -0.540. The van der Waals surface area contributed by atoms with Crippen LogP contribution in [0.2, 0.25) is 5.02 Å². The summed E-state index contributed by atoms with van der Waals surface area (Å²) in [7, 11) is 0. The van der Waals surface area contributed by atoms with Gasteiger partial charge in [0.15, 0.2) is 0 Å². The largest absolute Gasteiger partial charge is 0.327 e. The van der Waals surface area contributed by atoms with Crippen LogP contribution in [-0.4, -0.2) is 6.41 Å². The van der Waals surface area contributed by atoms with Gasteiger partial charge in [-0.1, -0.05) is 27.5 Å². The van der Waals surface area contributed by atoms with Gasteiger partial charge in [-0.25, -0.2) is 0 Å². The first kappa shape index (κ1) is 9.55. The van der Waals surface area contributed by atoms with Crippen LogP contribution in [0.25, 0.3) is 0 Å². The van der Waals surface area contributed by atoms with Gasteiger partial charge in [0, 0.05) is 4.47 Å². The first-order chi connectivity index (χ1) is 5.65. The van der Waals surface area contributed by atoms with Crippen LogP contribution >= 0.6 is 27.5 Å². The van der Waals surface area contributed by atoms with Crippen molar-refractivity contribution in [3.63, 3.8) is 0 Å². The molecule has 0 spiro atoms. The SMILES string of the molecule is Cc1cc(Br)cc(NC=O)c1Cl. The highest BCUT2D eigenvalue weighted by Gasteiger charge is 2.03. The number of benzene rings is 1. The van der Waals surface area contributed by atoms with E-state index in [1.54, 1.807) is 6.07 Å². The van der Waals surface area contributed by atoms with Gasteiger partial charge in [0.25, 0.3) is 0 Å². The molecule has 1 aromatic rings. The van der Waals surface area contributed by atoms with Crippen LogP contribution in [0.4, 0.5) is 5.69 Å². The van der Waals surface area contributed by atoms with E-state index in [0.29, 0.717) is 17.1 Å². The zero-order valence-corrected chi connectivity index (χ0v) is 8.74. The van der Waals surface area contributed by atoms with E-state index in [1.165, 1.54) is 0 Å². The number of rotatable bonds is 2. The molecule has 1 amide bonds. The third kappa shape index (κ3) is 1.99. The quantitative estimate of drug-likeness (QED) is 0.801. The van der Waals surface area contributed by atoms with Crippen molar-refractivity contribution in [1.29, 1.82) is 0 Å². The molecule has 0 saturated carbocycles. The lowest BCUT2D eigenvalue weighted by Crippen LogP contribution is -1.95. The predicted molar refractivity (Wildman–Crippen MR) is 53.6 cm³/mol. The fraction of sp³-hybridized carbons (Fsp3) is 0.125. The lowest BCUT2D eigenvalue weighted by molar-refractivity contribution is -0.105. The fourth-order valence-corrected chi connectivity index (χ4v) is 1.63. The first-order valence-corrected chi connectivity index (χ1v) is 4.48. The first-order valence-electron chi connectivity index (χ1n) is 3.31. The van der Waals surface area contributed by atoms with Crippen molar-refractivity contribution in [3.05, 3.63) is 27.2 Å². The summed E-state index contributed by atoms with van der Waals surface area (Å²) in [6.07, 6.45) is 0.604. The molecule has 0 atom stereocenters. The number of halogens is 2. The molecular weight excluding hydrogens is 241 g/mol. The maximum Gasteiger partial charge on any atom is 0.211 e. The normalized spacial score (nSPS) is 9.58. The molecule has 0 fully saturated rings. The van der Waals surface area contributed by atoms with Crippen molar-refractivity contribution >= 4 is 39.6 Å². The van der Waals surface area contributed by atoms with Gasteiger partial charge >= 0.3 is 0 Å². The van der Waals surface area contributed by atoms with Crippen molar-refractivity contribution in [2.45, 2.75) is 6.92 Å². The molecule has 0 aliphatic carbocycles. The highest BCUT2D eigenvalue weighted by atomic mass is 79.9. The monoisotopic (exact) mass is 247 g/mol. The number of hydrogen-bond acceptors (Lipinski definition) is 1. The van der Waals surface area contributed by atoms with Gasteiger partial charge in [0.1, 0.15) is 0 Å². The smallest absolute Gasteiger partial charge is 0.211 e. The van der Waals surface area contributed by atoms with Gasteiger partial charge in [-0.15, -0.1) is 0 Å². The molecule has 1 rings (SSSR count). The molecule has 0 aliphatic rings. The highest BCUT2D eigenvalue weighted by Crippen LogP contribution is 2.29. The summed E-state index contributed by atoms with van der Waals surface area (Å²) in [5.74, 6) is 0. The number of carbonyl (C=O) groups excluding carboxylic acids is 1. The molecule has 0 saturated heterocycles. The Kier molecular flexibility index (Phi) is 3.12. The predicted octanol–water partition coefficient (Wildman–Crippen LogP) is 2.98. The Morgan fingerprint density at radius 3 is 2.83 bits per heavy atom. The van der Waals surface area contributed by atoms with E-state index < -0.39 is 0 Å². The van der Waals surface area contributed by atoms with E-state index in [0.717, 1.165) is 10.0 Å². The molecule has 0 radical (unpaired) electrons. The Balaban J connectivity index is 3.17. The minimum atomic E-state index is 0.574. The summed E-state index contributed by atoms with van der Waals surface area (Å²) in [5.41, 5.74) is 1.55. The van der Waals surface area contributed by atoms with Crippen LogP contribution in [0.15, 0.2) is 16.6 Å². The average molecular weight is 249 g/mol. The number of carbonyl (C=O) groups is 1. The zero-order valence-electron chi connectivity index (χ0n) is 6.40. The molecule has 0 bridgehead atoms. The molecule has 4 heteroatoms. The van der Waals surface area contributed by atoms with Gasteiger partial charge in [-0.3, -0.25) is 4.79 Å². The van der Waals surface area contributed by atoms with Gasteiger partial charge in [0.05, 0.1) is 10.7 Å². The molecular formula is C8H7BrClNO. The topological polar surface area (TPSA) is 29.1 Å². The minimum absolute atomic E-state index is 0.574. The lowest BCUT2D eigenvalue weighted by atomic mass is 10.2. The number of nitrogens with one attached hydrogen (secondary N) is 1. The van der Waals surface area contributed by atoms with Gasteiger partial charge in [-0.05, 0) is 24.6 Å². The zero-order chi connectivity index (χ0) is 9.14. The Labute approximate surface area is 84.0 Å². The molecule has 1 N–H and O–H groups in total. The van der Waals surface area contributed by atoms with Crippen molar-refractivity contribution in [3.8, 4) is 0 Å². The number of amides is 1. The maximum atomic E-state index is 10.2. The molecule has 0 aromatic heterocycles. The summed E-state index contributed by atoms with van der Waals surface area (Å²) < 4.78 is 0.897. The molecule has 2 nitrogen and oxygen atoms in total. The summed E-state index contributed by atoms with van der Waals surface area (Å²) in [6.45, 7) is 1.88. The Morgan fingerprint density at radius 2 is 2.25 bits per heavy atom. The number of aryl methyl sites for hydroxylation is 1. The van der Waals surface area contributed by atoms with E-state index in [4.69, 9.17) is 11.6 Å². The fourth-order valence-electron chi connectivity index (χ4n) is 0.894. The highest BCUT2D eigenvalue weighted by molar-refractivity contribution is 9.10. The second-order valence-corrected chi connectivity index (χ2v) is 3.64. The van der Waals surface area contributed by atoms with Crippen molar-refractivity contribution in [2.75, 3.05) is 5.32 Å². The van der Waals surface area contributed by atoms with Gasteiger partial charge in [-0.2, -0.15) is 0 Å². The standard InChI is InChI=1S/C8H7BrClNO/c1-5-2-6(9)3-7(8(5)10)11-4-12/h2-4H,1H3,(H,11,12). The summed E-state index contributed by atoms with van der Waals surface area (Å²) in [4.78, 5) is 10.2. The van der Waals surface area contributed by atoms with Crippen molar-refractivity contribution in [1.82, 2.24) is 0 Å². The lowest BCUT2D eigenvalue weighted by Gasteiger charge is -2.05. The van der Waals surface area contributed by atoms with E-state index in [2.05, 4.69) is 21.2 Å². The third-order valence-corrected chi connectivity index (χ3v) is 2.39. The van der Waals surface area contributed by atoms with Crippen molar-refractivity contribution in [2.24, 2.45) is 0 Å². The van der Waals surface area contributed by atoms with Crippen LogP contribution in [0.3, 0.4) is 0 Å². The molecule has 64 valence electrons. The average Bonchev–Trinajstić information content (AvgIpc) is 2.00. The van der Waals surface area contributed by atoms with Crippen LogP contribution in [0.1, 0.15) is 5.56 Å². The molecule has 0 heterocycles. The minimum Gasteiger partial charge on any atom is -0.327 e. The Bertz CT molecular complexity index is 314. The third-order valence-electron chi connectivity index (χ3n) is 1.43. The van der Waals surface area contributed by atoms with E-state index in [9.17, 15) is 4.79 Å². The molecule has 12 heavy (non-hydrogen) atoms. The summed E-state index contributed by atoms with van der Waals surface area (Å²) >= 11 is 9.20. The van der Waals surface area contributed by atoms with Crippen molar-refractivity contribution < 1.29 is 4.79 Å². The molecule has 0 aliphatic heterocycles. The van der Waals surface area contributed by atoms with E-state index in [1.807, 2.05) is 13.0 Å². The van der Waals surface area contributed by atoms with Crippen LogP contribution in [0.5, 0.6) is 0 Å². The molecule has 0 unspecified atom stereocenters. The number of anilines is 1. The maximum absolute atomic E-state index is 10.2. The number of hydrogen-bond donors (Lipinski definition) is 1. The van der Waals surface area contributed by atoms with Gasteiger partial charge in [0.2, 0.25) is 6.41 Å². The Morgan fingerprint density at radius 1 is 1.58 bits per heavy atom. The van der Waals surface area contributed by atoms with Gasteiger partial charge < -0.3 is 5.32 Å². The van der Waals surface area contributed by atoms with Crippen LogP contribution < -0.4 is 5.32 Å². The summed E-state index contributed by atoms with van der Waals surface area (Å²) in [6, 6.07) is 3.64.